The third kappa shape index (κ3) is 5.33. The number of aliphatic hydroxyl groups excluding tert-OH is 1. The first kappa shape index (κ1) is 24.3. The zero-order valence-corrected chi connectivity index (χ0v) is 19.3. The summed E-state index contributed by atoms with van der Waals surface area (Å²) in [6.45, 7) is 1.54. The second kappa shape index (κ2) is 11.0. The van der Waals surface area contributed by atoms with Crippen LogP contribution in [0.1, 0.15) is 31.2 Å². The Morgan fingerprint density at radius 3 is 2.35 bits per heavy atom. The number of amides is 1. The number of nitrogens with one attached hydrogen (secondary N) is 1. The van der Waals surface area contributed by atoms with Crippen molar-refractivity contribution in [1.82, 2.24) is 4.98 Å². The van der Waals surface area contributed by atoms with Gasteiger partial charge in [0.05, 0.1) is 26.1 Å². The van der Waals surface area contributed by atoms with Gasteiger partial charge in [0.15, 0.2) is 16.5 Å². The van der Waals surface area contributed by atoms with Gasteiger partial charge in [0, 0.05) is 11.8 Å². The molecule has 11 heteroatoms. The SMILES string of the molecule is COC(=O)c1sc(N=NC(C(=O)Nc2cccnc2)=C(O)c2ccccc2)c(C(=O)OC)c1C. The number of thiophene rings is 1. The molecule has 174 valence electrons. The number of hydrogen-bond acceptors (Lipinski definition) is 10. The Morgan fingerprint density at radius 1 is 1.03 bits per heavy atom. The van der Waals surface area contributed by atoms with Crippen LogP contribution in [0.2, 0.25) is 0 Å². The average molecular weight is 481 g/mol. The van der Waals surface area contributed by atoms with E-state index in [2.05, 4.69) is 20.5 Å². The number of hydrogen-bond donors (Lipinski definition) is 2. The summed E-state index contributed by atoms with van der Waals surface area (Å²) in [5.74, 6) is -2.60. The van der Waals surface area contributed by atoms with Gasteiger partial charge in [-0.1, -0.05) is 30.3 Å². The van der Waals surface area contributed by atoms with E-state index in [1.807, 2.05) is 0 Å². The van der Waals surface area contributed by atoms with Crippen molar-refractivity contribution in [2.75, 3.05) is 19.5 Å². The maximum Gasteiger partial charge on any atom is 0.348 e. The number of ether oxygens (including phenoxy) is 2. The van der Waals surface area contributed by atoms with Gasteiger partial charge < -0.3 is 19.9 Å². The molecule has 0 bridgehead atoms. The number of aromatic nitrogens is 1. The molecule has 3 rings (SSSR count). The molecule has 0 saturated carbocycles. The van der Waals surface area contributed by atoms with Crippen molar-refractivity contribution >= 4 is 45.6 Å². The lowest BCUT2D eigenvalue weighted by atomic mass is 10.1. The standard InChI is InChI=1S/C23H20N4O6S/c1-13-16(22(30)32-2)21(34-19(13)23(31)33-3)27-26-17(18(28)14-8-5-4-6-9-14)20(29)25-15-10-7-11-24-12-15/h4-12,28H,1-3H3,(H,25,29). The predicted octanol–water partition coefficient (Wildman–Crippen LogP) is 4.67. The summed E-state index contributed by atoms with van der Waals surface area (Å²) in [4.78, 5) is 41.5. The third-order valence-electron chi connectivity index (χ3n) is 4.54. The summed E-state index contributed by atoms with van der Waals surface area (Å²) >= 11 is 0.846. The van der Waals surface area contributed by atoms with Crippen molar-refractivity contribution in [2.24, 2.45) is 10.2 Å². The number of azo groups is 1. The first-order valence-electron chi connectivity index (χ1n) is 9.79. The third-order valence-corrected chi connectivity index (χ3v) is 5.69. The molecule has 34 heavy (non-hydrogen) atoms. The normalized spacial score (nSPS) is 11.6. The van der Waals surface area contributed by atoms with Crippen LogP contribution < -0.4 is 5.32 Å². The maximum absolute atomic E-state index is 13.0. The highest BCUT2D eigenvalue weighted by Gasteiger charge is 2.26. The van der Waals surface area contributed by atoms with Crippen molar-refractivity contribution in [3.8, 4) is 0 Å². The molecule has 2 heterocycles. The fourth-order valence-corrected chi connectivity index (χ4v) is 3.89. The Bertz CT molecular complexity index is 1270. The number of carbonyl (C=O) groups is 3. The van der Waals surface area contributed by atoms with Gasteiger partial charge in [-0.05, 0) is 24.6 Å². The minimum atomic E-state index is -0.765. The van der Waals surface area contributed by atoms with Crippen LogP contribution in [0.3, 0.4) is 0 Å². The number of methoxy groups -OCH3 is 2. The van der Waals surface area contributed by atoms with Gasteiger partial charge in [0.2, 0.25) is 0 Å². The summed E-state index contributed by atoms with van der Waals surface area (Å²) in [5.41, 5.74) is 0.578. The van der Waals surface area contributed by atoms with Crippen LogP contribution in [-0.2, 0) is 14.3 Å². The molecule has 0 aliphatic carbocycles. The molecule has 3 aromatic rings. The summed E-state index contributed by atoms with van der Waals surface area (Å²) in [7, 11) is 2.40. The fraction of sp³-hybridized carbons (Fsp3) is 0.130. The van der Waals surface area contributed by atoms with E-state index in [9.17, 15) is 19.5 Å². The summed E-state index contributed by atoms with van der Waals surface area (Å²) < 4.78 is 9.55. The Balaban J connectivity index is 2.10. The smallest absolute Gasteiger partial charge is 0.348 e. The van der Waals surface area contributed by atoms with Gasteiger partial charge in [0.25, 0.3) is 5.91 Å². The van der Waals surface area contributed by atoms with E-state index in [0.29, 0.717) is 16.8 Å². The van der Waals surface area contributed by atoms with E-state index in [4.69, 9.17) is 9.47 Å². The Hall–Kier alpha value is -4.38. The molecule has 0 aliphatic rings. The molecule has 0 radical (unpaired) electrons. The average Bonchev–Trinajstić information content (AvgIpc) is 3.20. The number of nitrogens with zero attached hydrogens (tertiary/aromatic N) is 3. The van der Waals surface area contributed by atoms with Crippen LogP contribution in [0.4, 0.5) is 10.7 Å². The topological polar surface area (TPSA) is 140 Å². The minimum Gasteiger partial charge on any atom is -0.505 e. The van der Waals surface area contributed by atoms with Crippen molar-refractivity contribution in [3.63, 3.8) is 0 Å². The minimum absolute atomic E-state index is 0.00266. The number of anilines is 1. The molecule has 2 aromatic heterocycles. The first-order valence-corrected chi connectivity index (χ1v) is 10.6. The lowest BCUT2D eigenvalue weighted by Gasteiger charge is -2.07. The van der Waals surface area contributed by atoms with Gasteiger partial charge in [0.1, 0.15) is 10.4 Å². The lowest BCUT2D eigenvalue weighted by molar-refractivity contribution is -0.112. The molecular weight excluding hydrogens is 460 g/mol. The quantitative estimate of drug-likeness (QED) is 0.217. The predicted molar refractivity (Wildman–Crippen MR) is 125 cm³/mol. The zero-order chi connectivity index (χ0) is 24.7. The van der Waals surface area contributed by atoms with Crippen molar-refractivity contribution in [3.05, 3.63) is 82.1 Å². The van der Waals surface area contributed by atoms with Gasteiger partial charge in [-0.25, -0.2) is 9.59 Å². The zero-order valence-electron chi connectivity index (χ0n) is 18.4. The van der Waals surface area contributed by atoms with E-state index in [1.54, 1.807) is 55.6 Å². The van der Waals surface area contributed by atoms with Crippen molar-refractivity contribution in [1.29, 1.82) is 0 Å². The molecule has 2 N–H and O–H groups in total. The number of aliphatic hydroxyl groups is 1. The van der Waals surface area contributed by atoms with E-state index >= 15 is 0 Å². The lowest BCUT2D eigenvalue weighted by Crippen LogP contribution is -2.15. The van der Waals surface area contributed by atoms with Gasteiger partial charge in [-0.15, -0.1) is 21.6 Å². The first-order chi connectivity index (χ1) is 16.4. The Kier molecular flexibility index (Phi) is 7.83. The van der Waals surface area contributed by atoms with Crippen LogP contribution in [0.5, 0.6) is 0 Å². The highest BCUT2D eigenvalue weighted by Crippen LogP contribution is 2.37. The number of benzene rings is 1. The van der Waals surface area contributed by atoms with E-state index in [-0.39, 0.29) is 15.4 Å². The Morgan fingerprint density at radius 2 is 1.74 bits per heavy atom. The van der Waals surface area contributed by atoms with Gasteiger partial charge >= 0.3 is 11.9 Å². The molecule has 10 nitrogen and oxygen atoms in total. The summed E-state index contributed by atoms with van der Waals surface area (Å²) in [6, 6.07) is 11.5. The maximum atomic E-state index is 13.0. The van der Waals surface area contributed by atoms with Gasteiger partial charge in [-0.2, -0.15) is 0 Å². The number of rotatable bonds is 7. The second-order valence-corrected chi connectivity index (χ2v) is 7.68. The monoisotopic (exact) mass is 480 g/mol. The molecule has 0 unspecified atom stereocenters. The molecule has 0 fully saturated rings. The molecule has 0 spiro atoms. The fourth-order valence-electron chi connectivity index (χ4n) is 2.85. The van der Waals surface area contributed by atoms with Crippen LogP contribution in [-0.4, -0.2) is 42.2 Å². The van der Waals surface area contributed by atoms with E-state index < -0.39 is 29.3 Å². The number of pyridine rings is 1. The highest BCUT2D eigenvalue weighted by molar-refractivity contribution is 7.18. The molecule has 0 atom stereocenters. The summed E-state index contributed by atoms with van der Waals surface area (Å²) in [5, 5.41) is 21.4. The highest BCUT2D eigenvalue weighted by atomic mass is 32.1. The van der Waals surface area contributed by atoms with E-state index in [1.165, 1.54) is 20.4 Å². The molecule has 0 aliphatic heterocycles. The van der Waals surface area contributed by atoms with Crippen molar-refractivity contribution in [2.45, 2.75) is 6.92 Å². The van der Waals surface area contributed by atoms with Crippen LogP contribution in [0.25, 0.3) is 5.76 Å². The van der Waals surface area contributed by atoms with Crippen LogP contribution >= 0.6 is 11.3 Å². The molecule has 0 saturated heterocycles. The van der Waals surface area contributed by atoms with Crippen molar-refractivity contribution < 1.29 is 29.0 Å². The summed E-state index contributed by atoms with van der Waals surface area (Å²) in [6.07, 6.45) is 2.97. The second-order valence-electron chi connectivity index (χ2n) is 6.68. The van der Waals surface area contributed by atoms with Crippen LogP contribution in [0.15, 0.2) is 70.8 Å². The molecule has 1 amide bonds. The van der Waals surface area contributed by atoms with Gasteiger partial charge in [-0.3, -0.25) is 9.78 Å². The van der Waals surface area contributed by atoms with E-state index in [0.717, 1.165) is 11.3 Å². The van der Waals surface area contributed by atoms with Crippen LogP contribution in [0, 0.1) is 6.92 Å². The number of carbonyl (C=O) groups excluding carboxylic acids is 3. The molecular formula is C23H20N4O6S. The largest absolute Gasteiger partial charge is 0.505 e. The number of esters is 2. The Labute approximate surface area is 198 Å². The molecule has 1 aromatic carbocycles.